The molecular formula is C16H17BrN2O. The van der Waals surface area contributed by atoms with Crippen LogP contribution in [0.2, 0.25) is 0 Å². The van der Waals surface area contributed by atoms with Gasteiger partial charge < -0.3 is 5.32 Å². The van der Waals surface area contributed by atoms with Crippen LogP contribution < -0.4 is 5.32 Å². The average Bonchev–Trinajstić information content (AvgIpc) is 2.44. The Kier molecular flexibility index (Phi) is 4.90. The molecule has 1 amide bonds. The molecule has 0 aliphatic rings. The second-order valence-electron chi connectivity index (χ2n) is 4.90. The lowest BCUT2D eigenvalue weighted by atomic mass is 9.99. The molecule has 20 heavy (non-hydrogen) atoms. The first-order chi connectivity index (χ1) is 9.56. The van der Waals surface area contributed by atoms with Gasteiger partial charge >= 0.3 is 0 Å². The highest BCUT2D eigenvalue weighted by atomic mass is 79.9. The Bertz CT molecular complexity index is 599. The first-order valence-electron chi connectivity index (χ1n) is 6.52. The molecule has 0 saturated carbocycles. The molecule has 0 fully saturated rings. The van der Waals surface area contributed by atoms with Gasteiger partial charge in [0, 0.05) is 29.0 Å². The number of anilines is 1. The molecule has 3 nitrogen and oxygen atoms in total. The minimum atomic E-state index is 0.0112. The Morgan fingerprint density at radius 1 is 1.40 bits per heavy atom. The molecule has 0 aliphatic carbocycles. The molecule has 0 spiro atoms. The highest BCUT2D eigenvalue weighted by molar-refractivity contribution is 9.10. The molecule has 0 bridgehead atoms. The smallest absolute Gasteiger partial charge is 0.224 e. The van der Waals surface area contributed by atoms with E-state index in [9.17, 15) is 4.79 Å². The summed E-state index contributed by atoms with van der Waals surface area (Å²) in [5.41, 5.74) is 3.03. The van der Waals surface area contributed by atoms with Crippen molar-refractivity contribution in [2.24, 2.45) is 0 Å². The van der Waals surface area contributed by atoms with Crippen molar-refractivity contribution in [2.45, 2.75) is 26.2 Å². The summed E-state index contributed by atoms with van der Waals surface area (Å²) in [4.78, 5) is 16.1. The Balaban J connectivity index is 1.97. The van der Waals surface area contributed by atoms with Crippen LogP contribution in [0.25, 0.3) is 0 Å². The van der Waals surface area contributed by atoms with Crippen LogP contribution in [0.4, 0.5) is 5.69 Å². The van der Waals surface area contributed by atoms with Crippen molar-refractivity contribution < 1.29 is 4.79 Å². The van der Waals surface area contributed by atoms with Gasteiger partial charge in [0.25, 0.3) is 0 Å². The quantitative estimate of drug-likeness (QED) is 0.907. The summed E-state index contributed by atoms with van der Waals surface area (Å²) in [6.07, 6.45) is 3.98. The Morgan fingerprint density at radius 3 is 2.85 bits per heavy atom. The number of halogens is 1. The zero-order chi connectivity index (χ0) is 14.5. The normalized spacial score (nSPS) is 11.9. The van der Waals surface area contributed by atoms with E-state index >= 15 is 0 Å². The van der Waals surface area contributed by atoms with E-state index in [-0.39, 0.29) is 11.8 Å². The summed E-state index contributed by atoms with van der Waals surface area (Å²) < 4.78 is 0.996. The summed E-state index contributed by atoms with van der Waals surface area (Å²) >= 11 is 3.46. The molecule has 2 aromatic rings. The highest BCUT2D eigenvalue weighted by Crippen LogP contribution is 2.22. The Morgan fingerprint density at radius 2 is 2.20 bits per heavy atom. The number of nitrogens with zero attached hydrogens (tertiary/aromatic N) is 1. The van der Waals surface area contributed by atoms with Crippen molar-refractivity contribution in [3.8, 4) is 0 Å². The molecule has 1 atom stereocenters. The highest BCUT2D eigenvalue weighted by Gasteiger charge is 2.11. The van der Waals surface area contributed by atoms with E-state index in [1.165, 1.54) is 0 Å². The van der Waals surface area contributed by atoms with Crippen LogP contribution in [0.5, 0.6) is 0 Å². The first-order valence-corrected chi connectivity index (χ1v) is 7.31. The topological polar surface area (TPSA) is 42.0 Å². The largest absolute Gasteiger partial charge is 0.326 e. The van der Waals surface area contributed by atoms with Crippen LogP contribution in [-0.4, -0.2) is 10.9 Å². The fourth-order valence-electron chi connectivity index (χ4n) is 1.95. The van der Waals surface area contributed by atoms with Crippen LogP contribution in [0.3, 0.4) is 0 Å². The van der Waals surface area contributed by atoms with E-state index in [0.29, 0.717) is 6.42 Å². The molecule has 1 N–H and O–H groups in total. The molecule has 0 radical (unpaired) electrons. The molecule has 0 aliphatic heterocycles. The van der Waals surface area contributed by atoms with Gasteiger partial charge in [0.2, 0.25) is 5.91 Å². The number of aromatic nitrogens is 1. The van der Waals surface area contributed by atoms with Gasteiger partial charge in [0.05, 0.1) is 0 Å². The van der Waals surface area contributed by atoms with Crippen LogP contribution in [0.15, 0.2) is 47.2 Å². The van der Waals surface area contributed by atoms with Gasteiger partial charge in [-0.25, -0.2) is 0 Å². The van der Waals surface area contributed by atoms with E-state index in [1.54, 1.807) is 12.4 Å². The van der Waals surface area contributed by atoms with E-state index in [1.807, 2.05) is 44.2 Å². The zero-order valence-electron chi connectivity index (χ0n) is 11.6. The molecule has 1 aromatic carbocycles. The predicted octanol–water partition coefficient (Wildman–Crippen LogP) is 4.28. The van der Waals surface area contributed by atoms with Gasteiger partial charge in [0.15, 0.2) is 0 Å². The maximum atomic E-state index is 12.0. The van der Waals surface area contributed by atoms with Gasteiger partial charge in [-0.3, -0.25) is 9.78 Å². The molecule has 1 unspecified atom stereocenters. The lowest BCUT2D eigenvalue weighted by Crippen LogP contribution is -2.14. The Labute approximate surface area is 127 Å². The number of amides is 1. The number of hydrogen-bond acceptors (Lipinski definition) is 2. The number of rotatable bonds is 4. The molecule has 1 heterocycles. The van der Waals surface area contributed by atoms with Crippen molar-refractivity contribution in [3.63, 3.8) is 0 Å². The van der Waals surface area contributed by atoms with Crippen molar-refractivity contribution >= 4 is 27.5 Å². The zero-order valence-corrected chi connectivity index (χ0v) is 13.1. The average molecular weight is 333 g/mol. The number of nitrogens with one attached hydrogen (secondary N) is 1. The summed E-state index contributed by atoms with van der Waals surface area (Å²) in [5, 5.41) is 2.92. The third-order valence-corrected chi connectivity index (χ3v) is 4.05. The van der Waals surface area contributed by atoms with Crippen molar-refractivity contribution in [3.05, 3.63) is 58.3 Å². The fourth-order valence-corrected chi connectivity index (χ4v) is 2.32. The van der Waals surface area contributed by atoms with E-state index in [2.05, 4.69) is 26.2 Å². The molecular weight excluding hydrogens is 316 g/mol. The third-order valence-electron chi connectivity index (χ3n) is 3.20. The summed E-state index contributed by atoms with van der Waals surface area (Å²) in [5.74, 6) is 0.162. The molecule has 4 heteroatoms. The Hall–Kier alpha value is -1.68. The fraction of sp³-hybridized carbons (Fsp3) is 0.250. The monoisotopic (exact) mass is 332 g/mol. The molecule has 104 valence electrons. The van der Waals surface area contributed by atoms with Crippen LogP contribution in [0.1, 0.15) is 30.4 Å². The van der Waals surface area contributed by atoms with Crippen molar-refractivity contribution in [1.82, 2.24) is 4.98 Å². The second kappa shape index (κ2) is 6.66. The standard InChI is InChI=1S/C16H17BrN2O/c1-11-5-6-14(9-15(11)17)19-16(20)8-12(2)13-4-3-7-18-10-13/h3-7,9-10,12H,8H2,1-2H3,(H,19,20). The number of aryl methyl sites for hydroxylation is 1. The van der Waals surface area contributed by atoms with Gasteiger partial charge in [-0.05, 0) is 42.2 Å². The van der Waals surface area contributed by atoms with Crippen molar-refractivity contribution in [2.75, 3.05) is 5.32 Å². The lowest BCUT2D eigenvalue weighted by molar-refractivity contribution is -0.116. The molecule has 0 saturated heterocycles. The molecule has 1 aromatic heterocycles. The number of pyridine rings is 1. The minimum absolute atomic E-state index is 0.0112. The maximum absolute atomic E-state index is 12.0. The van der Waals surface area contributed by atoms with E-state index in [0.717, 1.165) is 21.3 Å². The SMILES string of the molecule is Cc1ccc(NC(=O)CC(C)c2cccnc2)cc1Br. The van der Waals surface area contributed by atoms with Crippen LogP contribution in [0, 0.1) is 6.92 Å². The number of benzene rings is 1. The maximum Gasteiger partial charge on any atom is 0.224 e. The van der Waals surface area contributed by atoms with Gasteiger partial charge in [-0.15, -0.1) is 0 Å². The summed E-state index contributed by atoms with van der Waals surface area (Å²) in [6, 6.07) is 9.69. The van der Waals surface area contributed by atoms with Gasteiger partial charge in [0.1, 0.15) is 0 Å². The third kappa shape index (κ3) is 3.90. The van der Waals surface area contributed by atoms with Gasteiger partial charge in [-0.1, -0.05) is 35.0 Å². The van der Waals surface area contributed by atoms with E-state index in [4.69, 9.17) is 0 Å². The second-order valence-corrected chi connectivity index (χ2v) is 5.76. The number of hydrogen-bond donors (Lipinski definition) is 1. The number of carbonyl (C=O) groups excluding carboxylic acids is 1. The lowest BCUT2D eigenvalue weighted by Gasteiger charge is -2.12. The van der Waals surface area contributed by atoms with Crippen LogP contribution in [-0.2, 0) is 4.79 Å². The van der Waals surface area contributed by atoms with Crippen molar-refractivity contribution in [1.29, 1.82) is 0 Å². The first kappa shape index (κ1) is 14.7. The summed E-state index contributed by atoms with van der Waals surface area (Å²) in [7, 11) is 0. The van der Waals surface area contributed by atoms with Crippen LogP contribution >= 0.6 is 15.9 Å². The summed E-state index contributed by atoms with van der Waals surface area (Å²) in [6.45, 7) is 4.04. The van der Waals surface area contributed by atoms with Gasteiger partial charge in [-0.2, -0.15) is 0 Å². The predicted molar refractivity (Wildman–Crippen MR) is 84.8 cm³/mol. The number of carbonyl (C=O) groups is 1. The molecule has 2 rings (SSSR count). The minimum Gasteiger partial charge on any atom is -0.326 e. The van der Waals surface area contributed by atoms with E-state index < -0.39 is 0 Å².